The third-order valence-corrected chi connectivity index (χ3v) is 4.93. The number of hydrogen-bond donors (Lipinski definition) is 1. The van der Waals surface area contributed by atoms with E-state index in [1.165, 1.54) is 11.5 Å². The molecule has 3 aromatic heterocycles. The van der Waals surface area contributed by atoms with Gasteiger partial charge < -0.3 is 10.1 Å². The molecule has 0 unspecified atom stereocenters. The molecule has 2 atom stereocenters. The van der Waals surface area contributed by atoms with Gasteiger partial charge in [0.25, 0.3) is 0 Å². The van der Waals surface area contributed by atoms with Gasteiger partial charge in [-0.1, -0.05) is 6.07 Å². The molecule has 6 nitrogen and oxygen atoms in total. The van der Waals surface area contributed by atoms with E-state index in [0.29, 0.717) is 36.7 Å². The average molecular weight is 353 g/mol. The van der Waals surface area contributed by atoms with Crippen LogP contribution in [0.25, 0.3) is 0 Å². The molecule has 1 saturated carbocycles. The zero-order chi connectivity index (χ0) is 17.1. The quantitative estimate of drug-likeness (QED) is 0.701. The normalized spacial score (nSPS) is 18.8. The van der Waals surface area contributed by atoms with Gasteiger partial charge in [-0.2, -0.15) is 4.98 Å². The van der Waals surface area contributed by atoms with Crippen LogP contribution < -0.4 is 10.1 Å². The summed E-state index contributed by atoms with van der Waals surface area (Å²) in [5, 5.41) is 3.30. The van der Waals surface area contributed by atoms with Crippen LogP contribution in [0.2, 0.25) is 0 Å². The minimum Gasteiger partial charge on any atom is -0.477 e. The van der Waals surface area contributed by atoms with E-state index >= 15 is 0 Å². The number of ether oxygens (including phenoxy) is 1. The molecule has 1 aliphatic carbocycles. The molecule has 1 aliphatic rings. The van der Waals surface area contributed by atoms with Crippen molar-refractivity contribution in [2.24, 2.45) is 5.92 Å². The second kappa shape index (κ2) is 7.14. The summed E-state index contributed by atoms with van der Waals surface area (Å²) < 4.78 is 10.0. The molecule has 4 rings (SSSR count). The van der Waals surface area contributed by atoms with E-state index in [1.807, 2.05) is 37.4 Å². The predicted molar refractivity (Wildman–Crippen MR) is 96.8 cm³/mol. The van der Waals surface area contributed by atoms with Gasteiger partial charge in [0.2, 0.25) is 5.88 Å². The van der Waals surface area contributed by atoms with Gasteiger partial charge in [-0.25, -0.2) is 9.36 Å². The first-order valence-corrected chi connectivity index (χ1v) is 9.08. The van der Waals surface area contributed by atoms with Gasteiger partial charge in [0.05, 0.1) is 13.2 Å². The molecule has 0 aromatic carbocycles. The third-order valence-electron chi connectivity index (χ3n) is 4.18. The summed E-state index contributed by atoms with van der Waals surface area (Å²) in [7, 11) is 0. The lowest BCUT2D eigenvalue weighted by molar-refractivity contribution is 0.284. The fourth-order valence-corrected chi connectivity index (χ4v) is 3.31. The van der Waals surface area contributed by atoms with E-state index in [1.54, 1.807) is 6.20 Å². The molecule has 1 N–H and O–H groups in total. The minimum absolute atomic E-state index is 0.507. The van der Waals surface area contributed by atoms with Crippen molar-refractivity contribution in [3.63, 3.8) is 0 Å². The molecule has 0 amide bonds. The Bertz CT molecular complexity index is 825. The van der Waals surface area contributed by atoms with Crippen LogP contribution >= 0.6 is 11.5 Å². The minimum atomic E-state index is 0.507. The topological polar surface area (TPSA) is 72.8 Å². The molecule has 128 valence electrons. The summed E-state index contributed by atoms with van der Waals surface area (Å²) in [5.41, 5.74) is 1.15. The van der Waals surface area contributed by atoms with E-state index in [9.17, 15) is 0 Å². The smallest absolute Gasteiger partial charge is 0.218 e. The van der Waals surface area contributed by atoms with Crippen molar-refractivity contribution in [3.05, 3.63) is 59.1 Å². The van der Waals surface area contributed by atoms with Crippen molar-refractivity contribution >= 4 is 17.4 Å². The van der Waals surface area contributed by atoms with Crippen molar-refractivity contribution in [3.8, 4) is 5.88 Å². The number of rotatable bonds is 7. The van der Waals surface area contributed by atoms with Crippen molar-refractivity contribution in [1.82, 2.24) is 19.3 Å². The first kappa shape index (κ1) is 16.0. The maximum absolute atomic E-state index is 5.91. The number of nitrogens with one attached hydrogen (secondary N) is 1. The van der Waals surface area contributed by atoms with Crippen molar-refractivity contribution in [2.75, 3.05) is 11.9 Å². The SMILES string of the molecule is Cc1nc(NCc2ccns2)cc(OC[C@H]2C[C@@H]2c2ccccn2)n1. The van der Waals surface area contributed by atoms with Crippen molar-refractivity contribution in [1.29, 1.82) is 0 Å². The Morgan fingerprint density at radius 2 is 2.20 bits per heavy atom. The van der Waals surface area contributed by atoms with Crippen LogP contribution in [-0.4, -0.2) is 25.9 Å². The number of aromatic nitrogens is 4. The van der Waals surface area contributed by atoms with E-state index in [2.05, 4.69) is 30.7 Å². The summed E-state index contributed by atoms with van der Waals surface area (Å²) in [5.74, 6) is 3.10. The van der Waals surface area contributed by atoms with Crippen LogP contribution in [0, 0.1) is 12.8 Å². The molecule has 0 radical (unpaired) electrons. The molecule has 7 heteroatoms. The molecule has 0 saturated heterocycles. The number of nitrogens with zero attached hydrogens (tertiary/aromatic N) is 4. The molecular weight excluding hydrogens is 334 g/mol. The lowest BCUT2D eigenvalue weighted by Crippen LogP contribution is -2.06. The summed E-state index contributed by atoms with van der Waals surface area (Å²) in [6.07, 6.45) is 4.77. The van der Waals surface area contributed by atoms with Gasteiger partial charge in [0, 0.05) is 40.9 Å². The standard InChI is InChI=1S/C18H19N5OS/c1-12-22-17(20-10-14-5-7-21-25-14)9-18(23-12)24-11-13-8-15(13)16-4-2-3-6-19-16/h2-7,9,13,15H,8,10-11H2,1H3,(H,20,22,23)/t13-,15+/m1/s1. The van der Waals surface area contributed by atoms with Crippen LogP contribution in [0.5, 0.6) is 5.88 Å². The maximum Gasteiger partial charge on any atom is 0.218 e. The van der Waals surface area contributed by atoms with Gasteiger partial charge in [0.15, 0.2) is 0 Å². The summed E-state index contributed by atoms with van der Waals surface area (Å²) >= 11 is 1.48. The number of anilines is 1. The number of aryl methyl sites for hydroxylation is 1. The fourth-order valence-electron chi connectivity index (χ4n) is 2.80. The van der Waals surface area contributed by atoms with Crippen LogP contribution in [0.1, 0.15) is 28.7 Å². The number of pyridine rings is 1. The van der Waals surface area contributed by atoms with E-state index in [-0.39, 0.29) is 0 Å². The Kier molecular flexibility index (Phi) is 4.56. The van der Waals surface area contributed by atoms with Crippen LogP contribution in [-0.2, 0) is 6.54 Å². The van der Waals surface area contributed by atoms with Gasteiger partial charge >= 0.3 is 0 Å². The van der Waals surface area contributed by atoms with Gasteiger partial charge in [-0.15, -0.1) is 0 Å². The maximum atomic E-state index is 5.91. The monoisotopic (exact) mass is 353 g/mol. The molecule has 0 spiro atoms. The Morgan fingerprint density at radius 3 is 3.00 bits per heavy atom. The van der Waals surface area contributed by atoms with Gasteiger partial charge in [0.1, 0.15) is 11.6 Å². The Hall–Kier alpha value is -2.54. The predicted octanol–water partition coefficient (Wildman–Crippen LogP) is 3.43. The lowest BCUT2D eigenvalue weighted by Gasteiger charge is -2.09. The summed E-state index contributed by atoms with van der Waals surface area (Å²) in [4.78, 5) is 14.4. The first-order chi connectivity index (χ1) is 12.3. The Balaban J connectivity index is 1.33. The molecule has 25 heavy (non-hydrogen) atoms. The van der Waals surface area contributed by atoms with Gasteiger partial charge in [-0.3, -0.25) is 4.98 Å². The second-order valence-corrected chi connectivity index (χ2v) is 7.06. The third kappa shape index (κ3) is 4.11. The second-order valence-electron chi connectivity index (χ2n) is 6.14. The average Bonchev–Trinajstić information content (AvgIpc) is 3.22. The molecule has 3 heterocycles. The van der Waals surface area contributed by atoms with E-state index < -0.39 is 0 Å². The molecular formula is C18H19N5OS. The zero-order valence-corrected chi connectivity index (χ0v) is 14.7. The summed E-state index contributed by atoms with van der Waals surface area (Å²) in [6.45, 7) is 3.23. The highest BCUT2D eigenvalue weighted by Crippen LogP contribution is 2.46. The van der Waals surface area contributed by atoms with Crippen LogP contribution in [0.4, 0.5) is 5.82 Å². The Labute approximate surface area is 150 Å². The van der Waals surface area contributed by atoms with Crippen LogP contribution in [0.3, 0.4) is 0 Å². The van der Waals surface area contributed by atoms with Crippen molar-refractivity contribution in [2.45, 2.75) is 25.8 Å². The molecule has 3 aromatic rings. The molecule has 1 fully saturated rings. The lowest BCUT2D eigenvalue weighted by atomic mass is 10.2. The highest BCUT2D eigenvalue weighted by Gasteiger charge is 2.39. The molecule has 0 aliphatic heterocycles. The van der Waals surface area contributed by atoms with Crippen LogP contribution in [0.15, 0.2) is 42.7 Å². The fraction of sp³-hybridized carbons (Fsp3) is 0.333. The van der Waals surface area contributed by atoms with E-state index in [0.717, 1.165) is 22.8 Å². The Morgan fingerprint density at radius 1 is 1.24 bits per heavy atom. The molecule has 0 bridgehead atoms. The van der Waals surface area contributed by atoms with Gasteiger partial charge in [-0.05, 0) is 43.1 Å². The van der Waals surface area contributed by atoms with Crippen molar-refractivity contribution < 1.29 is 4.74 Å². The first-order valence-electron chi connectivity index (χ1n) is 8.31. The highest BCUT2D eigenvalue weighted by atomic mass is 32.1. The highest BCUT2D eigenvalue weighted by molar-refractivity contribution is 7.05. The number of hydrogen-bond acceptors (Lipinski definition) is 7. The van der Waals surface area contributed by atoms with E-state index in [4.69, 9.17) is 4.74 Å². The summed E-state index contributed by atoms with van der Waals surface area (Å²) in [6, 6.07) is 9.91. The zero-order valence-electron chi connectivity index (χ0n) is 13.9. The largest absolute Gasteiger partial charge is 0.477 e.